The lowest BCUT2D eigenvalue weighted by Gasteiger charge is -2.23. The third-order valence-corrected chi connectivity index (χ3v) is 6.22. The van der Waals surface area contributed by atoms with Crippen molar-refractivity contribution in [3.63, 3.8) is 0 Å². The van der Waals surface area contributed by atoms with Gasteiger partial charge >= 0.3 is 0 Å². The largest absolute Gasteiger partial charge is 0.495 e. The molecule has 0 saturated heterocycles. The molecule has 2 aromatic carbocycles. The molecule has 164 valence electrons. The van der Waals surface area contributed by atoms with Crippen LogP contribution in [0.25, 0.3) is 0 Å². The standard InChI is InChI=1S/C22H19ClN4O4S/c1-31-16-9-5-4-8-15(16)24-20(29)13-10-17(28)25-19-18(13)21(30)27-22(26-19)32-11-12-6-2-3-7-14(12)23/h2-9,13H,10-11H2,1H3,(H,24,29)(H2,25,26,27,28,30). The van der Waals surface area contributed by atoms with Crippen molar-refractivity contribution in [3.8, 4) is 5.75 Å². The highest BCUT2D eigenvalue weighted by atomic mass is 35.5. The van der Waals surface area contributed by atoms with Gasteiger partial charge in [-0.2, -0.15) is 0 Å². The van der Waals surface area contributed by atoms with Gasteiger partial charge in [0.25, 0.3) is 5.56 Å². The highest BCUT2D eigenvalue weighted by molar-refractivity contribution is 7.98. The Morgan fingerprint density at radius 1 is 1.22 bits per heavy atom. The summed E-state index contributed by atoms with van der Waals surface area (Å²) in [5, 5.41) is 6.28. The van der Waals surface area contributed by atoms with Crippen molar-refractivity contribution in [2.45, 2.75) is 23.2 Å². The summed E-state index contributed by atoms with van der Waals surface area (Å²) < 4.78 is 5.25. The molecule has 3 aromatic rings. The van der Waals surface area contributed by atoms with Gasteiger partial charge in [0.15, 0.2) is 5.16 Å². The number of nitrogens with one attached hydrogen (secondary N) is 3. The number of anilines is 2. The Labute approximate surface area is 192 Å². The zero-order valence-corrected chi connectivity index (χ0v) is 18.5. The second-order valence-corrected chi connectivity index (χ2v) is 8.38. The molecule has 8 nitrogen and oxygen atoms in total. The van der Waals surface area contributed by atoms with Gasteiger partial charge in [0.05, 0.1) is 24.3 Å². The fraction of sp³-hybridized carbons (Fsp3) is 0.182. The first-order valence-electron chi connectivity index (χ1n) is 9.70. The maximum Gasteiger partial charge on any atom is 0.257 e. The third-order valence-electron chi connectivity index (χ3n) is 4.93. The Hall–Kier alpha value is -3.30. The molecule has 3 N–H and O–H groups in total. The van der Waals surface area contributed by atoms with Gasteiger partial charge in [-0.1, -0.05) is 53.7 Å². The summed E-state index contributed by atoms with van der Waals surface area (Å²) in [6, 6.07) is 14.3. The Bertz CT molecular complexity index is 1250. The molecule has 0 spiro atoms. The van der Waals surface area contributed by atoms with Crippen LogP contribution in [0.1, 0.15) is 23.5 Å². The van der Waals surface area contributed by atoms with Crippen molar-refractivity contribution in [2.75, 3.05) is 17.7 Å². The number of halogens is 1. The van der Waals surface area contributed by atoms with Crippen molar-refractivity contribution in [3.05, 3.63) is 75.0 Å². The summed E-state index contributed by atoms with van der Waals surface area (Å²) in [4.78, 5) is 45.2. The quantitative estimate of drug-likeness (QED) is 0.373. The van der Waals surface area contributed by atoms with Gasteiger partial charge < -0.3 is 20.4 Å². The van der Waals surface area contributed by atoms with Crippen molar-refractivity contribution in [1.29, 1.82) is 0 Å². The lowest BCUT2D eigenvalue weighted by atomic mass is 9.92. The van der Waals surface area contributed by atoms with Gasteiger partial charge in [-0.3, -0.25) is 14.4 Å². The normalized spacial score (nSPS) is 14.9. The number of amides is 2. The number of methoxy groups -OCH3 is 1. The second kappa shape index (κ2) is 9.46. The molecule has 1 aliphatic rings. The first-order valence-corrected chi connectivity index (χ1v) is 11.1. The van der Waals surface area contributed by atoms with Crippen LogP contribution in [0, 0.1) is 0 Å². The average molecular weight is 471 g/mol. The van der Waals surface area contributed by atoms with Crippen LogP contribution in [0.4, 0.5) is 11.5 Å². The molecule has 2 heterocycles. The van der Waals surface area contributed by atoms with Crippen LogP contribution in [-0.4, -0.2) is 28.9 Å². The Morgan fingerprint density at radius 3 is 2.75 bits per heavy atom. The number of aromatic amines is 1. The number of hydrogen-bond acceptors (Lipinski definition) is 6. The summed E-state index contributed by atoms with van der Waals surface area (Å²) in [6.45, 7) is 0. The van der Waals surface area contributed by atoms with E-state index in [1.807, 2.05) is 18.2 Å². The zero-order valence-electron chi connectivity index (χ0n) is 17.0. The van der Waals surface area contributed by atoms with Gasteiger partial charge in [0.2, 0.25) is 11.8 Å². The molecule has 4 rings (SSSR count). The van der Waals surface area contributed by atoms with E-state index in [-0.39, 0.29) is 17.8 Å². The van der Waals surface area contributed by atoms with Crippen molar-refractivity contribution in [2.24, 2.45) is 0 Å². The Kier molecular flexibility index (Phi) is 6.48. The van der Waals surface area contributed by atoms with Gasteiger partial charge in [-0.05, 0) is 23.8 Å². The van der Waals surface area contributed by atoms with Crippen LogP contribution >= 0.6 is 23.4 Å². The van der Waals surface area contributed by atoms with Crippen molar-refractivity contribution in [1.82, 2.24) is 9.97 Å². The van der Waals surface area contributed by atoms with Gasteiger partial charge in [-0.25, -0.2) is 4.98 Å². The summed E-state index contributed by atoms with van der Waals surface area (Å²) in [7, 11) is 1.49. The first kappa shape index (κ1) is 21.9. The number of hydrogen-bond donors (Lipinski definition) is 3. The van der Waals surface area contributed by atoms with Crippen LogP contribution < -0.4 is 20.9 Å². The van der Waals surface area contributed by atoms with E-state index in [0.29, 0.717) is 27.4 Å². The minimum Gasteiger partial charge on any atom is -0.495 e. The minimum atomic E-state index is -0.984. The van der Waals surface area contributed by atoms with E-state index in [2.05, 4.69) is 20.6 Å². The van der Waals surface area contributed by atoms with E-state index in [0.717, 1.165) is 5.56 Å². The van der Waals surface area contributed by atoms with E-state index in [1.165, 1.54) is 18.9 Å². The number of benzene rings is 2. The average Bonchev–Trinajstić information content (AvgIpc) is 2.78. The molecule has 1 unspecified atom stereocenters. The molecule has 2 amide bonds. The number of para-hydroxylation sites is 2. The lowest BCUT2D eigenvalue weighted by molar-refractivity contribution is -0.123. The smallest absolute Gasteiger partial charge is 0.257 e. The molecular weight excluding hydrogens is 452 g/mol. The molecule has 0 radical (unpaired) electrons. The fourth-order valence-corrected chi connectivity index (χ4v) is 4.52. The van der Waals surface area contributed by atoms with Crippen LogP contribution in [0.2, 0.25) is 5.02 Å². The number of fused-ring (bicyclic) bond motifs is 1. The van der Waals surface area contributed by atoms with Gasteiger partial charge in [-0.15, -0.1) is 0 Å². The number of ether oxygens (including phenoxy) is 1. The summed E-state index contributed by atoms with van der Waals surface area (Å²) in [6.07, 6.45) is -0.162. The van der Waals surface area contributed by atoms with Gasteiger partial charge in [0, 0.05) is 17.2 Å². The van der Waals surface area contributed by atoms with Crippen molar-refractivity contribution >= 4 is 46.7 Å². The van der Waals surface area contributed by atoms with Crippen LogP contribution in [-0.2, 0) is 15.3 Å². The Morgan fingerprint density at radius 2 is 1.97 bits per heavy atom. The minimum absolute atomic E-state index is 0.0897. The summed E-state index contributed by atoms with van der Waals surface area (Å²) >= 11 is 7.46. The van der Waals surface area contributed by atoms with E-state index in [4.69, 9.17) is 16.3 Å². The number of nitrogens with zero attached hydrogens (tertiary/aromatic N) is 1. The Balaban J connectivity index is 1.59. The number of thioether (sulfide) groups is 1. The lowest BCUT2D eigenvalue weighted by Crippen LogP contribution is -2.36. The van der Waals surface area contributed by atoms with E-state index in [9.17, 15) is 14.4 Å². The number of H-pyrrole nitrogens is 1. The molecule has 1 aliphatic heterocycles. The molecule has 0 aliphatic carbocycles. The predicted octanol–water partition coefficient (Wildman–Crippen LogP) is 3.79. The third kappa shape index (κ3) is 4.63. The number of carbonyl (C=O) groups excluding carboxylic acids is 2. The molecule has 1 aromatic heterocycles. The van der Waals surface area contributed by atoms with E-state index in [1.54, 1.807) is 30.3 Å². The molecule has 10 heteroatoms. The zero-order chi connectivity index (χ0) is 22.7. The van der Waals surface area contributed by atoms with Crippen LogP contribution in [0.5, 0.6) is 5.75 Å². The van der Waals surface area contributed by atoms with Crippen molar-refractivity contribution < 1.29 is 14.3 Å². The molecule has 0 fully saturated rings. The summed E-state index contributed by atoms with van der Waals surface area (Å²) in [5.74, 6) is -0.825. The second-order valence-electron chi connectivity index (χ2n) is 7.01. The number of aromatic nitrogens is 2. The monoisotopic (exact) mass is 470 g/mol. The van der Waals surface area contributed by atoms with E-state index >= 15 is 0 Å². The van der Waals surface area contributed by atoms with Crippen LogP contribution in [0.15, 0.2) is 58.5 Å². The summed E-state index contributed by atoms with van der Waals surface area (Å²) in [5.41, 5.74) is 0.984. The van der Waals surface area contributed by atoms with Crippen LogP contribution in [0.3, 0.4) is 0 Å². The topological polar surface area (TPSA) is 113 Å². The highest BCUT2D eigenvalue weighted by Gasteiger charge is 2.35. The predicted molar refractivity (Wildman–Crippen MR) is 123 cm³/mol. The number of rotatable bonds is 6. The molecule has 0 saturated carbocycles. The maximum atomic E-state index is 13.0. The van der Waals surface area contributed by atoms with Gasteiger partial charge in [0.1, 0.15) is 11.6 Å². The first-order chi connectivity index (χ1) is 15.5. The number of carbonyl (C=O) groups is 2. The SMILES string of the molecule is COc1ccccc1NC(=O)C1CC(=O)Nc2nc(SCc3ccccc3Cl)[nH]c(=O)c21. The molecular formula is C22H19ClN4O4S. The molecule has 32 heavy (non-hydrogen) atoms. The van der Waals surface area contributed by atoms with E-state index < -0.39 is 23.3 Å². The molecule has 1 atom stereocenters. The molecule has 0 bridgehead atoms. The maximum absolute atomic E-state index is 13.0. The highest BCUT2D eigenvalue weighted by Crippen LogP contribution is 2.32. The fourth-order valence-electron chi connectivity index (χ4n) is 3.37.